The highest BCUT2D eigenvalue weighted by Gasteiger charge is 2.52. The lowest BCUT2D eigenvalue weighted by Crippen LogP contribution is -2.52. The number of carbonyl (C=O) groups excluding carboxylic acids is 3. The minimum Gasteiger partial charge on any atom is -0.374 e. The van der Waals surface area contributed by atoms with Gasteiger partial charge in [-0.3, -0.25) is 19.4 Å². The van der Waals surface area contributed by atoms with Crippen LogP contribution < -0.4 is 10.6 Å². The van der Waals surface area contributed by atoms with Crippen molar-refractivity contribution in [1.29, 1.82) is 0 Å². The van der Waals surface area contributed by atoms with Crippen molar-refractivity contribution in [2.45, 2.75) is 44.8 Å². The molecule has 168 valence electrons. The van der Waals surface area contributed by atoms with Crippen molar-refractivity contribution in [3.05, 3.63) is 35.4 Å². The Labute approximate surface area is 183 Å². The Morgan fingerprint density at radius 2 is 2.06 bits per heavy atom. The molecule has 1 spiro atoms. The number of rotatable bonds is 6. The summed E-state index contributed by atoms with van der Waals surface area (Å²) in [5.74, 6) is -0.0763. The fourth-order valence-corrected chi connectivity index (χ4v) is 4.86. The average Bonchev–Trinajstić information content (AvgIpc) is 2.96. The molecule has 31 heavy (non-hydrogen) atoms. The van der Waals surface area contributed by atoms with Gasteiger partial charge in [0.2, 0.25) is 5.91 Å². The molecule has 2 N–H and O–H groups in total. The minimum atomic E-state index is -0.935. The molecule has 8 heteroatoms. The first-order valence-corrected chi connectivity index (χ1v) is 11.2. The van der Waals surface area contributed by atoms with Crippen molar-refractivity contribution in [3.8, 4) is 0 Å². The molecule has 1 aromatic rings. The average molecular weight is 429 g/mol. The van der Waals surface area contributed by atoms with Gasteiger partial charge >= 0.3 is 6.03 Å². The van der Waals surface area contributed by atoms with Gasteiger partial charge in [0.1, 0.15) is 12.1 Å². The number of amides is 4. The molecule has 2 fully saturated rings. The van der Waals surface area contributed by atoms with E-state index in [0.717, 1.165) is 36.5 Å². The highest BCUT2D eigenvalue weighted by atomic mass is 16.5. The van der Waals surface area contributed by atoms with Crippen LogP contribution in [0.25, 0.3) is 0 Å². The summed E-state index contributed by atoms with van der Waals surface area (Å²) >= 11 is 0. The highest BCUT2D eigenvalue weighted by Crippen LogP contribution is 2.33. The predicted octanol–water partition coefficient (Wildman–Crippen LogP) is 0.939. The van der Waals surface area contributed by atoms with Crippen molar-refractivity contribution < 1.29 is 19.1 Å². The molecule has 8 nitrogen and oxygen atoms in total. The normalized spacial score (nSPS) is 26.3. The fourth-order valence-electron chi connectivity index (χ4n) is 4.86. The molecule has 0 saturated carbocycles. The van der Waals surface area contributed by atoms with E-state index in [1.807, 2.05) is 18.2 Å². The van der Waals surface area contributed by atoms with Gasteiger partial charge in [0.15, 0.2) is 0 Å². The maximum atomic E-state index is 13.1. The van der Waals surface area contributed by atoms with Crippen molar-refractivity contribution >= 4 is 17.8 Å². The second-order valence-electron chi connectivity index (χ2n) is 9.30. The number of nitrogens with one attached hydrogen (secondary N) is 2. The SMILES string of the molecule is CC(C)CN1CCOC(CNC(=O)CN2C(=O)NC3(CCc4ccccc4C3)C2=O)C1. The quantitative estimate of drug-likeness (QED) is 0.658. The summed E-state index contributed by atoms with van der Waals surface area (Å²) in [5.41, 5.74) is 1.36. The standard InChI is InChI=1S/C23H32N4O4/c1-16(2)13-26-9-10-31-19(14-26)12-24-20(28)15-27-21(29)23(25-22(27)30)8-7-17-5-3-4-6-18(17)11-23/h3-6,16,19H,7-15H2,1-2H3,(H,24,28)(H,25,30). The lowest BCUT2D eigenvalue weighted by atomic mass is 9.78. The van der Waals surface area contributed by atoms with Crippen LogP contribution in [-0.2, 0) is 27.2 Å². The minimum absolute atomic E-state index is 0.0826. The zero-order chi connectivity index (χ0) is 22.0. The number of hydrogen-bond donors (Lipinski definition) is 2. The first-order chi connectivity index (χ1) is 14.9. The van der Waals surface area contributed by atoms with Crippen LogP contribution in [0.3, 0.4) is 0 Å². The largest absolute Gasteiger partial charge is 0.374 e. The van der Waals surface area contributed by atoms with Gasteiger partial charge in [-0.05, 0) is 29.9 Å². The van der Waals surface area contributed by atoms with E-state index in [-0.39, 0.29) is 24.5 Å². The number of hydrogen-bond acceptors (Lipinski definition) is 5. The third kappa shape index (κ3) is 4.75. The van der Waals surface area contributed by atoms with Crippen LogP contribution in [0.5, 0.6) is 0 Å². The van der Waals surface area contributed by atoms with Gasteiger partial charge in [0.25, 0.3) is 5.91 Å². The van der Waals surface area contributed by atoms with E-state index in [1.165, 1.54) is 5.56 Å². The molecule has 2 saturated heterocycles. The number of ether oxygens (including phenoxy) is 1. The highest BCUT2D eigenvalue weighted by molar-refractivity contribution is 6.09. The lowest BCUT2D eigenvalue weighted by Gasteiger charge is -2.34. The van der Waals surface area contributed by atoms with Gasteiger partial charge in [0, 0.05) is 32.6 Å². The zero-order valence-electron chi connectivity index (χ0n) is 18.4. The second kappa shape index (κ2) is 8.96. The Morgan fingerprint density at radius 3 is 2.84 bits per heavy atom. The van der Waals surface area contributed by atoms with Crippen LogP contribution >= 0.6 is 0 Å². The third-order valence-corrected chi connectivity index (χ3v) is 6.35. The van der Waals surface area contributed by atoms with Crippen molar-refractivity contribution in [3.63, 3.8) is 0 Å². The van der Waals surface area contributed by atoms with E-state index < -0.39 is 11.6 Å². The summed E-state index contributed by atoms with van der Waals surface area (Å²) in [5, 5.41) is 5.71. The molecule has 2 atom stereocenters. The molecule has 1 aromatic carbocycles. The predicted molar refractivity (Wildman–Crippen MR) is 115 cm³/mol. The molecule has 4 rings (SSSR count). The topological polar surface area (TPSA) is 91.0 Å². The van der Waals surface area contributed by atoms with E-state index in [9.17, 15) is 14.4 Å². The number of aryl methyl sites for hydroxylation is 1. The fraction of sp³-hybridized carbons (Fsp3) is 0.609. The molecule has 2 unspecified atom stereocenters. The van der Waals surface area contributed by atoms with Crippen molar-refractivity contribution in [2.75, 3.05) is 39.3 Å². The lowest BCUT2D eigenvalue weighted by molar-refractivity contribution is -0.135. The first-order valence-electron chi connectivity index (χ1n) is 11.2. The Hall–Kier alpha value is -2.45. The van der Waals surface area contributed by atoms with Gasteiger partial charge in [-0.25, -0.2) is 4.79 Å². The molecule has 2 aliphatic heterocycles. The molecule has 2 heterocycles. The van der Waals surface area contributed by atoms with Crippen LogP contribution in [0.4, 0.5) is 4.79 Å². The van der Waals surface area contributed by atoms with Gasteiger partial charge in [-0.2, -0.15) is 0 Å². The van der Waals surface area contributed by atoms with Crippen LogP contribution in [0.2, 0.25) is 0 Å². The van der Waals surface area contributed by atoms with E-state index >= 15 is 0 Å². The zero-order valence-corrected chi connectivity index (χ0v) is 18.4. The number of nitrogens with zero attached hydrogens (tertiary/aromatic N) is 2. The van der Waals surface area contributed by atoms with E-state index in [1.54, 1.807) is 0 Å². The number of fused-ring (bicyclic) bond motifs is 1. The van der Waals surface area contributed by atoms with Gasteiger partial charge in [-0.1, -0.05) is 38.1 Å². The van der Waals surface area contributed by atoms with Crippen molar-refractivity contribution in [2.24, 2.45) is 5.92 Å². The maximum absolute atomic E-state index is 13.1. The van der Waals surface area contributed by atoms with E-state index in [0.29, 0.717) is 31.9 Å². The van der Waals surface area contributed by atoms with Crippen molar-refractivity contribution in [1.82, 2.24) is 20.4 Å². The summed E-state index contributed by atoms with van der Waals surface area (Å²) in [6.07, 6.45) is 1.66. The Kier molecular flexibility index (Phi) is 6.29. The number of urea groups is 1. The number of imide groups is 1. The molecular weight excluding hydrogens is 396 g/mol. The third-order valence-electron chi connectivity index (χ3n) is 6.35. The Balaban J connectivity index is 1.31. The molecule has 1 aliphatic carbocycles. The Morgan fingerprint density at radius 1 is 1.29 bits per heavy atom. The van der Waals surface area contributed by atoms with Crippen LogP contribution in [0.1, 0.15) is 31.4 Å². The smallest absolute Gasteiger partial charge is 0.325 e. The maximum Gasteiger partial charge on any atom is 0.325 e. The molecule has 0 aromatic heterocycles. The summed E-state index contributed by atoms with van der Waals surface area (Å²) in [6, 6.07) is 7.50. The monoisotopic (exact) mass is 428 g/mol. The van der Waals surface area contributed by atoms with Crippen LogP contribution in [0.15, 0.2) is 24.3 Å². The first kappa shape index (κ1) is 21.8. The van der Waals surface area contributed by atoms with Gasteiger partial charge < -0.3 is 15.4 Å². The molecule has 4 amide bonds. The summed E-state index contributed by atoms with van der Waals surface area (Å²) in [4.78, 5) is 41.6. The molecule has 0 bridgehead atoms. The molecular formula is C23H32N4O4. The van der Waals surface area contributed by atoms with Crippen LogP contribution in [-0.4, -0.2) is 78.6 Å². The van der Waals surface area contributed by atoms with Crippen LogP contribution in [0, 0.1) is 5.92 Å². The summed E-state index contributed by atoms with van der Waals surface area (Å²) in [7, 11) is 0. The van der Waals surface area contributed by atoms with Gasteiger partial charge in [-0.15, -0.1) is 0 Å². The summed E-state index contributed by atoms with van der Waals surface area (Å²) < 4.78 is 5.76. The number of morpholine rings is 1. The van der Waals surface area contributed by atoms with Gasteiger partial charge in [0.05, 0.1) is 12.7 Å². The molecule has 0 radical (unpaired) electrons. The Bertz CT molecular complexity index is 858. The molecule has 3 aliphatic rings. The van der Waals surface area contributed by atoms with E-state index in [4.69, 9.17) is 4.74 Å². The summed E-state index contributed by atoms with van der Waals surface area (Å²) in [6.45, 7) is 7.78. The number of carbonyl (C=O) groups is 3. The number of benzene rings is 1. The van der Waals surface area contributed by atoms with E-state index in [2.05, 4.69) is 35.4 Å². The second-order valence-corrected chi connectivity index (χ2v) is 9.30.